The first-order valence-electron chi connectivity index (χ1n) is 9.99. The van der Waals surface area contributed by atoms with Crippen LogP contribution in [0.25, 0.3) is 6.08 Å². The molecule has 1 rings (SSSR count). The van der Waals surface area contributed by atoms with Gasteiger partial charge in [0.05, 0.1) is 18.1 Å². The van der Waals surface area contributed by atoms with E-state index < -0.39 is 39.9 Å². The van der Waals surface area contributed by atoms with Crippen LogP contribution in [0.5, 0.6) is 0 Å². The minimum absolute atomic E-state index is 0.0365. The van der Waals surface area contributed by atoms with Crippen LogP contribution in [0.1, 0.15) is 39.2 Å². The number of hydroxylamine groups is 1. The number of rotatable bonds is 12. The van der Waals surface area contributed by atoms with E-state index in [-0.39, 0.29) is 12.3 Å². The first-order chi connectivity index (χ1) is 14.5. The van der Waals surface area contributed by atoms with Crippen LogP contribution < -0.4 is 10.9 Å². The van der Waals surface area contributed by atoms with E-state index in [1.54, 1.807) is 11.6 Å². The highest BCUT2D eigenvalue weighted by Gasteiger charge is 2.36. The number of nitrogens with one attached hydrogen (secondary N) is 2. The van der Waals surface area contributed by atoms with E-state index in [0.717, 1.165) is 16.2 Å². The Morgan fingerprint density at radius 1 is 1.13 bits per heavy atom. The number of hydrogen-bond acceptors (Lipinski definition) is 6. The third-order valence-corrected chi connectivity index (χ3v) is 5.85. The largest absolute Gasteiger partial charge is 0.364 e. The van der Waals surface area contributed by atoms with E-state index in [2.05, 4.69) is 5.43 Å². The monoisotopic (exact) mass is 455 g/mol. The Kier molecular flexibility index (Phi) is 10.8. The molecule has 0 fully saturated rings. The van der Waals surface area contributed by atoms with Crippen molar-refractivity contribution < 1.29 is 28.0 Å². The maximum atomic E-state index is 13.1. The number of ether oxygens (including phenoxy) is 1. The zero-order valence-electron chi connectivity index (χ0n) is 18.6. The number of methoxy groups -OCH3 is 1. The van der Waals surface area contributed by atoms with E-state index in [4.69, 9.17) is 4.74 Å². The van der Waals surface area contributed by atoms with Crippen molar-refractivity contribution in [1.29, 1.82) is 0 Å². The number of carbonyl (C=O) groups is 2. The Hall–Kier alpha value is -2.27. The number of amides is 2. The van der Waals surface area contributed by atoms with Gasteiger partial charge in [-0.2, -0.15) is 0 Å². The first kappa shape index (κ1) is 26.8. The van der Waals surface area contributed by atoms with Gasteiger partial charge in [0.15, 0.2) is 0 Å². The molecule has 0 radical (unpaired) electrons. The number of allylic oxidation sites excluding steroid dienone is 1. The normalized spacial score (nSPS) is 15.1. The summed E-state index contributed by atoms with van der Waals surface area (Å²) in [4.78, 5) is 25.5. The van der Waals surface area contributed by atoms with Crippen LogP contribution in [0.4, 0.5) is 0 Å². The molecule has 0 aliphatic carbocycles. The molecule has 0 saturated carbocycles. The summed E-state index contributed by atoms with van der Waals surface area (Å²) in [6.45, 7) is 5.25. The van der Waals surface area contributed by atoms with Gasteiger partial charge in [-0.05, 0) is 31.2 Å². The molecule has 2 amide bonds. The van der Waals surface area contributed by atoms with E-state index in [0.29, 0.717) is 6.42 Å². The highest BCUT2D eigenvalue weighted by molar-refractivity contribution is 7.88. The van der Waals surface area contributed by atoms with Crippen molar-refractivity contribution >= 4 is 27.9 Å². The highest BCUT2D eigenvalue weighted by atomic mass is 32.2. The van der Waals surface area contributed by atoms with Gasteiger partial charge in [-0.3, -0.25) is 20.2 Å². The van der Waals surface area contributed by atoms with E-state index in [9.17, 15) is 23.2 Å². The van der Waals surface area contributed by atoms with Crippen LogP contribution in [0.3, 0.4) is 0 Å². The summed E-state index contributed by atoms with van der Waals surface area (Å²) in [7, 11) is -2.51. The molecule has 0 heterocycles. The molecule has 3 atom stereocenters. The molecule has 31 heavy (non-hydrogen) atoms. The van der Waals surface area contributed by atoms with E-state index in [1.807, 2.05) is 50.3 Å². The van der Waals surface area contributed by atoms with Crippen molar-refractivity contribution in [2.24, 2.45) is 17.8 Å². The molecule has 0 spiro atoms. The Balaban J connectivity index is 3.17. The Labute approximate surface area is 184 Å². The number of sulfonamides is 1. The van der Waals surface area contributed by atoms with Crippen LogP contribution in [0.15, 0.2) is 36.4 Å². The molecule has 10 heteroatoms. The average molecular weight is 456 g/mol. The van der Waals surface area contributed by atoms with Gasteiger partial charge in [0.25, 0.3) is 0 Å². The molecule has 0 aliphatic heterocycles. The summed E-state index contributed by atoms with van der Waals surface area (Å²) in [6, 6.07) is 9.43. The quantitative estimate of drug-likeness (QED) is 0.252. The molecule has 174 valence electrons. The second-order valence-electron chi connectivity index (χ2n) is 7.74. The summed E-state index contributed by atoms with van der Waals surface area (Å²) in [5, 5.41) is 9.24. The van der Waals surface area contributed by atoms with Gasteiger partial charge >= 0.3 is 0 Å². The van der Waals surface area contributed by atoms with Crippen molar-refractivity contribution in [3.63, 3.8) is 0 Å². The Bertz CT molecular complexity index is 842. The van der Waals surface area contributed by atoms with E-state index >= 15 is 0 Å². The third-order valence-electron chi connectivity index (χ3n) is 4.74. The molecule has 1 aromatic carbocycles. The number of benzene rings is 1. The summed E-state index contributed by atoms with van der Waals surface area (Å²) in [5.41, 5.74) is 4.93. The van der Waals surface area contributed by atoms with Crippen molar-refractivity contribution in [3.8, 4) is 0 Å². The van der Waals surface area contributed by atoms with E-state index in [1.165, 1.54) is 14.0 Å². The lowest BCUT2D eigenvalue weighted by Gasteiger charge is -2.30. The number of carbonyl (C=O) groups excluding carboxylic acids is 2. The molecule has 1 aromatic rings. The van der Waals surface area contributed by atoms with Crippen molar-refractivity contribution in [2.75, 3.05) is 13.4 Å². The fourth-order valence-electron chi connectivity index (χ4n) is 3.14. The molecular formula is C21H33N3O6S. The molecule has 0 aliphatic rings. The molecule has 0 aromatic heterocycles. The average Bonchev–Trinajstić information content (AvgIpc) is 2.72. The first-order valence-corrected chi connectivity index (χ1v) is 11.8. The van der Waals surface area contributed by atoms with Gasteiger partial charge in [0.1, 0.15) is 6.23 Å². The SMILES string of the molecule is COC(C)N(NC(=O)[C@H](CC(C)C)[C@H](CC=Cc1ccccc1)C(=O)NO)S(C)(=O)=O. The Morgan fingerprint density at radius 2 is 1.74 bits per heavy atom. The maximum absolute atomic E-state index is 13.1. The van der Waals surface area contributed by atoms with Gasteiger partial charge in [-0.25, -0.2) is 13.9 Å². The zero-order valence-corrected chi connectivity index (χ0v) is 19.4. The number of hydrazine groups is 1. The lowest BCUT2D eigenvalue weighted by molar-refractivity contribution is -0.143. The summed E-state index contributed by atoms with van der Waals surface area (Å²) in [5.74, 6) is -3.13. The summed E-state index contributed by atoms with van der Waals surface area (Å²) >= 11 is 0. The number of hydrogen-bond donors (Lipinski definition) is 3. The standard InChI is InChI=1S/C21H33N3O6S/c1-15(2)14-19(20(25)22-24(16(3)30-4)31(5,28)29)18(21(26)23-27)13-9-12-17-10-7-6-8-11-17/h6-12,15-16,18-19,27H,13-14H2,1-5H3,(H,22,25)(H,23,26)/t16?,18-,19+/m0/s1. The summed E-state index contributed by atoms with van der Waals surface area (Å²) in [6.07, 6.45) is 4.05. The van der Waals surface area contributed by atoms with Crippen LogP contribution in [0, 0.1) is 17.8 Å². The minimum Gasteiger partial charge on any atom is -0.364 e. The van der Waals surface area contributed by atoms with Gasteiger partial charge in [0, 0.05) is 7.11 Å². The van der Waals surface area contributed by atoms with Crippen molar-refractivity contribution in [2.45, 2.75) is 39.8 Å². The molecular weight excluding hydrogens is 422 g/mol. The molecule has 1 unspecified atom stereocenters. The zero-order chi connectivity index (χ0) is 23.6. The second kappa shape index (κ2) is 12.6. The third kappa shape index (κ3) is 8.78. The molecule has 0 bridgehead atoms. The van der Waals surface area contributed by atoms with Gasteiger partial charge < -0.3 is 4.74 Å². The fraction of sp³-hybridized carbons (Fsp3) is 0.524. The predicted octanol–water partition coefficient (Wildman–Crippen LogP) is 2.16. The van der Waals surface area contributed by atoms with Crippen LogP contribution in [-0.2, 0) is 24.3 Å². The van der Waals surface area contributed by atoms with Crippen molar-refractivity contribution in [1.82, 2.24) is 15.3 Å². The second-order valence-corrected chi connectivity index (χ2v) is 9.60. The fourth-order valence-corrected chi connectivity index (χ4v) is 4.03. The summed E-state index contributed by atoms with van der Waals surface area (Å²) < 4.78 is 30.0. The van der Waals surface area contributed by atoms with Crippen LogP contribution >= 0.6 is 0 Å². The lowest BCUT2D eigenvalue weighted by atomic mass is 9.82. The van der Waals surface area contributed by atoms with Crippen LogP contribution in [-0.4, -0.2) is 49.4 Å². The van der Waals surface area contributed by atoms with Gasteiger partial charge in [-0.15, -0.1) is 0 Å². The minimum atomic E-state index is -3.83. The van der Waals surface area contributed by atoms with Gasteiger partial charge in [0.2, 0.25) is 21.8 Å². The molecule has 9 nitrogen and oxygen atoms in total. The number of nitrogens with zero attached hydrogens (tertiary/aromatic N) is 1. The lowest BCUT2D eigenvalue weighted by Crippen LogP contribution is -2.54. The Morgan fingerprint density at radius 3 is 2.23 bits per heavy atom. The van der Waals surface area contributed by atoms with Gasteiger partial charge in [-0.1, -0.05) is 60.7 Å². The molecule has 3 N–H and O–H groups in total. The highest BCUT2D eigenvalue weighted by Crippen LogP contribution is 2.26. The van der Waals surface area contributed by atoms with Crippen molar-refractivity contribution in [3.05, 3.63) is 42.0 Å². The maximum Gasteiger partial charge on any atom is 0.247 e. The van der Waals surface area contributed by atoms with Crippen LogP contribution in [0.2, 0.25) is 0 Å². The molecule has 0 saturated heterocycles. The smallest absolute Gasteiger partial charge is 0.247 e. The topological polar surface area (TPSA) is 125 Å². The predicted molar refractivity (Wildman–Crippen MR) is 118 cm³/mol.